The number of aromatic nitrogens is 4. The molecular weight excluding hydrogens is 418 g/mol. The summed E-state index contributed by atoms with van der Waals surface area (Å²) in [4.78, 5) is 30.6. The van der Waals surface area contributed by atoms with Crippen LogP contribution in [0.5, 0.6) is 11.5 Å². The Morgan fingerprint density at radius 3 is 2.77 bits per heavy atom. The molecule has 0 radical (unpaired) electrons. The topological polar surface area (TPSA) is 100 Å². The van der Waals surface area contributed by atoms with Crippen LogP contribution in [0, 0.1) is 6.92 Å². The molecule has 0 spiro atoms. The van der Waals surface area contributed by atoms with Crippen molar-refractivity contribution in [3.05, 3.63) is 39.4 Å². The first-order valence-corrected chi connectivity index (χ1v) is 11.0. The van der Waals surface area contributed by atoms with Crippen molar-refractivity contribution in [3.8, 4) is 22.8 Å². The van der Waals surface area contributed by atoms with E-state index < -0.39 is 0 Å². The smallest absolute Gasteiger partial charge is 0.346 e. The number of benzene rings is 1. The van der Waals surface area contributed by atoms with Crippen molar-refractivity contribution in [1.29, 1.82) is 0 Å². The molecule has 0 atom stereocenters. The average molecular weight is 444 g/mol. The second-order valence-corrected chi connectivity index (χ2v) is 8.56. The lowest BCUT2D eigenvalue weighted by molar-refractivity contribution is -0.117. The lowest BCUT2D eigenvalue weighted by Gasteiger charge is -2.08. The number of carbonyl (C=O) groups is 1. The maximum atomic E-state index is 12.6. The number of anilines is 1. The van der Waals surface area contributed by atoms with Gasteiger partial charge in [-0.15, -0.1) is 11.3 Å². The van der Waals surface area contributed by atoms with E-state index in [9.17, 15) is 9.59 Å². The Bertz CT molecular complexity index is 1160. The van der Waals surface area contributed by atoms with E-state index in [0.717, 1.165) is 47.6 Å². The van der Waals surface area contributed by atoms with Gasteiger partial charge in [-0.3, -0.25) is 9.36 Å². The highest BCUT2D eigenvalue weighted by atomic mass is 32.1. The molecule has 3 heterocycles. The van der Waals surface area contributed by atoms with Crippen LogP contribution in [0.15, 0.2) is 23.0 Å². The van der Waals surface area contributed by atoms with Crippen molar-refractivity contribution in [2.24, 2.45) is 0 Å². The minimum absolute atomic E-state index is 0.136. The number of hydrogen-bond acceptors (Lipinski definition) is 7. The van der Waals surface area contributed by atoms with E-state index in [1.807, 2.05) is 25.1 Å². The predicted octanol–water partition coefficient (Wildman–Crippen LogP) is 2.86. The molecule has 1 N–H and O–H groups in total. The van der Waals surface area contributed by atoms with Gasteiger partial charge in [-0.25, -0.2) is 14.5 Å². The SMILES string of the molecule is COc1ccc(-c2nc(NC(=O)Cn3nc4n(c3=O)CCCCC4)sc2C)cc1OC. The van der Waals surface area contributed by atoms with Crippen LogP contribution in [0.25, 0.3) is 11.3 Å². The summed E-state index contributed by atoms with van der Waals surface area (Å²) in [5, 5.41) is 7.63. The molecule has 1 aliphatic rings. The predicted molar refractivity (Wildman–Crippen MR) is 118 cm³/mol. The molecule has 9 nitrogen and oxygen atoms in total. The van der Waals surface area contributed by atoms with Gasteiger partial charge in [-0.05, 0) is 38.0 Å². The first-order valence-electron chi connectivity index (χ1n) is 10.2. The Labute approximate surface area is 183 Å². The molecule has 3 aromatic rings. The number of ether oxygens (including phenoxy) is 2. The van der Waals surface area contributed by atoms with E-state index in [0.29, 0.717) is 23.2 Å². The summed E-state index contributed by atoms with van der Waals surface area (Å²) in [6.45, 7) is 2.47. The number of thiazole rings is 1. The summed E-state index contributed by atoms with van der Waals surface area (Å²) in [6, 6.07) is 5.57. The molecule has 0 unspecified atom stereocenters. The largest absolute Gasteiger partial charge is 0.493 e. The van der Waals surface area contributed by atoms with Gasteiger partial charge in [0, 0.05) is 23.4 Å². The zero-order valence-corrected chi connectivity index (χ0v) is 18.6. The fourth-order valence-electron chi connectivity index (χ4n) is 3.72. The molecule has 4 rings (SSSR count). The van der Waals surface area contributed by atoms with E-state index >= 15 is 0 Å². The maximum Gasteiger partial charge on any atom is 0.346 e. The fraction of sp³-hybridized carbons (Fsp3) is 0.429. The summed E-state index contributed by atoms with van der Waals surface area (Å²) in [5.41, 5.74) is 1.39. The molecule has 0 aliphatic carbocycles. The van der Waals surface area contributed by atoms with Crippen LogP contribution in [-0.2, 0) is 24.3 Å². The van der Waals surface area contributed by atoms with Crippen molar-refractivity contribution >= 4 is 22.4 Å². The van der Waals surface area contributed by atoms with Crippen LogP contribution in [0.4, 0.5) is 5.13 Å². The summed E-state index contributed by atoms with van der Waals surface area (Å²) in [5.74, 6) is 1.67. The van der Waals surface area contributed by atoms with Gasteiger partial charge < -0.3 is 14.8 Å². The van der Waals surface area contributed by atoms with Crippen LogP contribution in [0.2, 0.25) is 0 Å². The van der Waals surface area contributed by atoms with Crippen molar-refractivity contribution in [1.82, 2.24) is 19.3 Å². The van der Waals surface area contributed by atoms with Gasteiger partial charge in [0.05, 0.1) is 19.9 Å². The third kappa shape index (κ3) is 4.34. The van der Waals surface area contributed by atoms with Gasteiger partial charge >= 0.3 is 5.69 Å². The molecule has 31 heavy (non-hydrogen) atoms. The van der Waals surface area contributed by atoms with Gasteiger partial charge in [0.25, 0.3) is 0 Å². The zero-order chi connectivity index (χ0) is 22.0. The van der Waals surface area contributed by atoms with Gasteiger partial charge in [0.2, 0.25) is 5.91 Å². The standard InChI is InChI=1S/C21H25N5O4S/c1-13-19(14-8-9-15(29-2)16(11-14)30-3)23-20(31-13)22-18(27)12-26-21(28)25-10-6-4-5-7-17(25)24-26/h8-9,11H,4-7,10,12H2,1-3H3,(H,22,23,27). The molecule has 10 heteroatoms. The number of fused-ring (bicyclic) bond motifs is 1. The van der Waals surface area contributed by atoms with Crippen LogP contribution in [-0.4, -0.2) is 39.5 Å². The third-order valence-corrected chi connectivity index (χ3v) is 6.16. The zero-order valence-electron chi connectivity index (χ0n) is 17.8. The average Bonchev–Trinajstić information content (AvgIpc) is 3.15. The third-order valence-electron chi connectivity index (χ3n) is 5.27. The number of rotatable bonds is 6. The van der Waals surface area contributed by atoms with Gasteiger partial charge in [-0.1, -0.05) is 6.42 Å². The highest BCUT2D eigenvalue weighted by molar-refractivity contribution is 7.16. The van der Waals surface area contributed by atoms with E-state index in [1.54, 1.807) is 18.8 Å². The van der Waals surface area contributed by atoms with E-state index in [2.05, 4.69) is 15.4 Å². The molecule has 2 aromatic heterocycles. The first kappa shape index (κ1) is 21.1. The highest BCUT2D eigenvalue weighted by Gasteiger charge is 2.19. The van der Waals surface area contributed by atoms with Crippen LogP contribution in [0.3, 0.4) is 0 Å². The number of amides is 1. The minimum Gasteiger partial charge on any atom is -0.493 e. The molecule has 1 aliphatic heterocycles. The normalized spacial score (nSPS) is 13.4. The maximum absolute atomic E-state index is 12.6. The quantitative estimate of drug-likeness (QED) is 0.629. The second-order valence-electron chi connectivity index (χ2n) is 7.36. The van der Waals surface area contributed by atoms with Crippen molar-refractivity contribution in [3.63, 3.8) is 0 Å². The number of methoxy groups -OCH3 is 2. The van der Waals surface area contributed by atoms with Crippen molar-refractivity contribution in [2.75, 3.05) is 19.5 Å². The number of nitrogens with one attached hydrogen (secondary N) is 1. The molecule has 0 saturated carbocycles. The van der Waals surface area contributed by atoms with Gasteiger partial charge in [0.1, 0.15) is 12.4 Å². The molecule has 1 aromatic carbocycles. The summed E-state index contributed by atoms with van der Waals surface area (Å²) in [6.07, 6.45) is 3.83. The summed E-state index contributed by atoms with van der Waals surface area (Å²) in [7, 11) is 3.17. The lowest BCUT2D eigenvalue weighted by Crippen LogP contribution is -2.30. The highest BCUT2D eigenvalue weighted by Crippen LogP contribution is 2.35. The Kier molecular flexibility index (Phi) is 6.08. The Morgan fingerprint density at radius 2 is 2.00 bits per heavy atom. The molecule has 0 saturated heterocycles. The monoisotopic (exact) mass is 443 g/mol. The lowest BCUT2D eigenvalue weighted by atomic mass is 10.1. The molecule has 0 bridgehead atoms. The van der Waals surface area contributed by atoms with Gasteiger partial charge in [0.15, 0.2) is 16.6 Å². The van der Waals surface area contributed by atoms with E-state index in [1.165, 1.54) is 16.0 Å². The fourth-order valence-corrected chi connectivity index (χ4v) is 4.58. The molecule has 164 valence electrons. The first-order chi connectivity index (χ1) is 15.0. The Morgan fingerprint density at radius 1 is 1.19 bits per heavy atom. The van der Waals surface area contributed by atoms with Crippen LogP contribution < -0.4 is 20.5 Å². The summed E-state index contributed by atoms with van der Waals surface area (Å²) >= 11 is 1.38. The van der Waals surface area contributed by atoms with Crippen molar-refractivity contribution < 1.29 is 14.3 Å². The molecule has 0 fully saturated rings. The number of carbonyl (C=O) groups excluding carboxylic acids is 1. The molecular formula is C21H25N5O4S. The van der Waals surface area contributed by atoms with Crippen LogP contribution in [0.1, 0.15) is 30.0 Å². The van der Waals surface area contributed by atoms with E-state index in [-0.39, 0.29) is 18.1 Å². The Balaban J connectivity index is 1.50. The van der Waals surface area contributed by atoms with Crippen LogP contribution >= 0.6 is 11.3 Å². The second kappa shape index (κ2) is 8.93. The minimum atomic E-state index is -0.331. The van der Waals surface area contributed by atoms with Crippen molar-refractivity contribution in [2.45, 2.75) is 45.7 Å². The number of nitrogens with zero attached hydrogens (tertiary/aromatic N) is 4. The van der Waals surface area contributed by atoms with Gasteiger partial charge in [-0.2, -0.15) is 5.10 Å². The summed E-state index contributed by atoms with van der Waals surface area (Å²) < 4.78 is 13.6. The number of aryl methyl sites for hydroxylation is 2. The number of hydrogen-bond donors (Lipinski definition) is 1. The Hall–Kier alpha value is -3.14. The molecule has 1 amide bonds. The van der Waals surface area contributed by atoms with E-state index in [4.69, 9.17) is 9.47 Å².